The summed E-state index contributed by atoms with van der Waals surface area (Å²) in [6.45, 7) is 2.14. The van der Waals surface area contributed by atoms with E-state index >= 15 is 0 Å². The molecule has 0 saturated carbocycles. The number of anilines is 1. The lowest BCUT2D eigenvalue weighted by Gasteiger charge is -2.22. The Morgan fingerprint density at radius 3 is 2.94 bits per heavy atom. The van der Waals surface area contributed by atoms with Gasteiger partial charge in [0.25, 0.3) is 0 Å². The molecule has 1 atom stereocenters. The summed E-state index contributed by atoms with van der Waals surface area (Å²) in [6, 6.07) is 3.71. The molecular formula is C13H15N3O2. The van der Waals surface area contributed by atoms with Gasteiger partial charge in [-0.25, -0.2) is 0 Å². The Labute approximate surface area is 105 Å². The molecular weight excluding hydrogens is 230 g/mol. The summed E-state index contributed by atoms with van der Waals surface area (Å²) in [5, 5.41) is 9.87. The highest BCUT2D eigenvalue weighted by Gasteiger charge is 2.15. The van der Waals surface area contributed by atoms with Crippen LogP contribution in [0, 0.1) is 5.92 Å². The fraction of sp³-hybridized carbons (Fsp3) is 0.308. The third-order valence-corrected chi connectivity index (χ3v) is 2.90. The molecule has 0 aliphatic carbocycles. The minimum Gasteiger partial charge on any atom is -0.481 e. The number of aliphatic carboxylic acids is 1. The van der Waals surface area contributed by atoms with E-state index in [-0.39, 0.29) is 0 Å². The van der Waals surface area contributed by atoms with Crippen LogP contribution in [0.2, 0.25) is 0 Å². The van der Waals surface area contributed by atoms with E-state index in [2.05, 4.69) is 9.97 Å². The molecule has 1 N–H and O–H groups in total. The maximum absolute atomic E-state index is 10.9. The number of rotatable bonds is 4. The summed E-state index contributed by atoms with van der Waals surface area (Å²) in [4.78, 5) is 21.1. The Morgan fingerprint density at radius 1 is 1.44 bits per heavy atom. The van der Waals surface area contributed by atoms with Gasteiger partial charge in [0.2, 0.25) is 0 Å². The van der Waals surface area contributed by atoms with Crippen LogP contribution in [-0.2, 0) is 4.79 Å². The maximum atomic E-state index is 10.9. The van der Waals surface area contributed by atoms with Gasteiger partial charge in [0.15, 0.2) is 0 Å². The molecule has 1 unspecified atom stereocenters. The molecule has 0 fully saturated rings. The first-order valence-corrected chi connectivity index (χ1v) is 5.72. The van der Waals surface area contributed by atoms with Crippen LogP contribution >= 0.6 is 0 Å². The van der Waals surface area contributed by atoms with E-state index in [1.54, 1.807) is 25.5 Å². The standard InChI is InChI=1S/C13H15N3O2/c1-9(13(17)18)8-16(2)12-4-6-15-11-3-5-14-7-10(11)12/h3-7,9H,8H2,1-2H3,(H,17,18). The summed E-state index contributed by atoms with van der Waals surface area (Å²) >= 11 is 0. The zero-order valence-corrected chi connectivity index (χ0v) is 10.4. The third-order valence-electron chi connectivity index (χ3n) is 2.90. The molecule has 5 heteroatoms. The van der Waals surface area contributed by atoms with Crippen LogP contribution in [0.25, 0.3) is 10.9 Å². The van der Waals surface area contributed by atoms with Gasteiger partial charge in [-0.15, -0.1) is 0 Å². The van der Waals surface area contributed by atoms with Crippen LogP contribution in [0.3, 0.4) is 0 Å². The van der Waals surface area contributed by atoms with Crippen LogP contribution in [0.5, 0.6) is 0 Å². The second kappa shape index (κ2) is 5.00. The zero-order valence-electron chi connectivity index (χ0n) is 10.4. The summed E-state index contributed by atoms with van der Waals surface area (Å²) in [6.07, 6.45) is 5.16. The molecule has 2 rings (SSSR count). The maximum Gasteiger partial charge on any atom is 0.308 e. The van der Waals surface area contributed by atoms with Crippen molar-refractivity contribution in [1.82, 2.24) is 9.97 Å². The Bertz CT molecular complexity index is 566. The highest BCUT2D eigenvalue weighted by atomic mass is 16.4. The van der Waals surface area contributed by atoms with Gasteiger partial charge in [-0.05, 0) is 12.1 Å². The van der Waals surface area contributed by atoms with Crippen molar-refractivity contribution in [1.29, 1.82) is 0 Å². The highest BCUT2D eigenvalue weighted by molar-refractivity contribution is 5.90. The van der Waals surface area contributed by atoms with Crippen molar-refractivity contribution in [2.45, 2.75) is 6.92 Å². The second-order valence-corrected chi connectivity index (χ2v) is 4.34. The number of carboxylic acid groups (broad SMARTS) is 1. The van der Waals surface area contributed by atoms with Crippen molar-refractivity contribution >= 4 is 22.6 Å². The van der Waals surface area contributed by atoms with E-state index in [9.17, 15) is 4.79 Å². The molecule has 0 amide bonds. The predicted octanol–water partition coefficient (Wildman–Crippen LogP) is 1.79. The average molecular weight is 245 g/mol. The topological polar surface area (TPSA) is 66.3 Å². The van der Waals surface area contributed by atoms with E-state index in [4.69, 9.17) is 5.11 Å². The van der Waals surface area contributed by atoms with Gasteiger partial charge >= 0.3 is 5.97 Å². The largest absolute Gasteiger partial charge is 0.481 e. The minimum absolute atomic E-state index is 0.421. The molecule has 18 heavy (non-hydrogen) atoms. The monoisotopic (exact) mass is 245 g/mol. The molecule has 0 saturated heterocycles. The first-order chi connectivity index (χ1) is 8.59. The predicted molar refractivity (Wildman–Crippen MR) is 69.6 cm³/mol. The Morgan fingerprint density at radius 2 is 2.22 bits per heavy atom. The van der Waals surface area contributed by atoms with Gasteiger partial charge in [-0.2, -0.15) is 0 Å². The summed E-state index contributed by atoms with van der Waals surface area (Å²) in [7, 11) is 1.88. The van der Waals surface area contributed by atoms with Gasteiger partial charge < -0.3 is 10.0 Å². The average Bonchev–Trinajstić information content (AvgIpc) is 2.37. The van der Waals surface area contributed by atoms with Gasteiger partial charge in [-0.1, -0.05) is 6.92 Å². The van der Waals surface area contributed by atoms with Crippen molar-refractivity contribution in [3.63, 3.8) is 0 Å². The molecule has 0 radical (unpaired) electrons. The van der Waals surface area contributed by atoms with Crippen molar-refractivity contribution in [2.75, 3.05) is 18.5 Å². The number of pyridine rings is 2. The third kappa shape index (κ3) is 2.40. The van der Waals surface area contributed by atoms with Gasteiger partial charge in [-0.3, -0.25) is 14.8 Å². The SMILES string of the molecule is CC(CN(C)c1ccnc2ccncc12)C(=O)O. The number of carboxylic acids is 1. The number of hydrogen-bond acceptors (Lipinski definition) is 4. The molecule has 5 nitrogen and oxygen atoms in total. The van der Waals surface area contributed by atoms with Gasteiger partial charge in [0.1, 0.15) is 0 Å². The number of hydrogen-bond donors (Lipinski definition) is 1. The zero-order chi connectivity index (χ0) is 13.1. The van der Waals surface area contributed by atoms with E-state index in [1.807, 2.05) is 24.1 Å². The van der Waals surface area contributed by atoms with E-state index in [0.717, 1.165) is 16.6 Å². The fourth-order valence-corrected chi connectivity index (χ4v) is 1.90. The molecule has 0 aliphatic heterocycles. The van der Waals surface area contributed by atoms with Crippen LogP contribution in [0.15, 0.2) is 30.7 Å². The van der Waals surface area contributed by atoms with Crippen molar-refractivity contribution in [2.24, 2.45) is 5.92 Å². The molecule has 2 aromatic heterocycles. The molecule has 0 aromatic carbocycles. The van der Waals surface area contributed by atoms with Crippen LogP contribution in [0.4, 0.5) is 5.69 Å². The highest BCUT2D eigenvalue weighted by Crippen LogP contribution is 2.23. The normalized spacial score (nSPS) is 12.3. The van der Waals surface area contributed by atoms with Gasteiger partial charge in [0, 0.05) is 43.3 Å². The molecule has 0 spiro atoms. The van der Waals surface area contributed by atoms with E-state index < -0.39 is 11.9 Å². The number of carbonyl (C=O) groups is 1. The lowest BCUT2D eigenvalue weighted by Crippen LogP contribution is -2.28. The first-order valence-electron chi connectivity index (χ1n) is 5.72. The van der Waals surface area contributed by atoms with E-state index in [1.165, 1.54) is 0 Å². The molecule has 0 bridgehead atoms. The Hall–Kier alpha value is -2.17. The quantitative estimate of drug-likeness (QED) is 0.889. The fourth-order valence-electron chi connectivity index (χ4n) is 1.90. The van der Waals surface area contributed by atoms with Crippen molar-refractivity contribution < 1.29 is 9.90 Å². The van der Waals surface area contributed by atoms with Crippen LogP contribution in [0.1, 0.15) is 6.92 Å². The lowest BCUT2D eigenvalue weighted by atomic mass is 10.1. The van der Waals surface area contributed by atoms with Crippen molar-refractivity contribution in [3.05, 3.63) is 30.7 Å². The second-order valence-electron chi connectivity index (χ2n) is 4.34. The molecule has 0 aliphatic rings. The molecule has 2 aromatic rings. The smallest absolute Gasteiger partial charge is 0.308 e. The summed E-state index contributed by atoms with van der Waals surface area (Å²) < 4.78 is 0. The van der Waals surface area contributed by atoms with Crippen molar-refractivity contribution in [3.8, 4) is 0 Å². The summed E-state index contributed by atoms with van der Waals surface area (Å²) in [5.74, 6) is -1.21. The summed E-state index contributed by atoms with van der Waals surface area (Å²) in [5.41, 5.74) is 1.80. The van der Waals surface area contributed by atoms with E-state index in [0.29, 0.717) is 6.54 Å². The lowest BCUT2D eigenvalue weighted by molar-refractivity contribution is -0.140. The molecule has 2 heterocycles. The number of nitrogens with zero attached hydrogens (tertiary/aromatic N) is 3. The number of aromatic nitrogens is 2. The molecule has 94 valence electrons. The minimum atomic E-state index is -0.793. The van der Waals surface area contributed by atoms with Crippen LogP contribution < -0.4 is 4.90 Å². The number of fused-ring (bicyclic) bond motifs is 1. The first kappa shape index (κ1) is 12.3. The Kier molecular flexibility index (Phi) is 3.41. The van der Waals surface area contributed by atoms with Crippen LogP contribution in [-0.4, -0.2) is 34.6 Å². The Balaban J connectivity index is 2.33. The van der Waals surface area contributed by atoms with Gasteiger partial charge in [0.05, 0.1) is 11.4 Å².